The average molecular weight is 280 g/mol. The Morgan fingerprint density at radius 1 is 1.60 bits per heavy atom. The van der Waals surface area contributed by atoms with E-state index >= 15 is 0 Å². The Labute approximate surface area is 117 Å². The lowest BCUT2D eigenvalue weighted by molar-refractivity contribution is -0.126. The minimum atomic E-state index is -1.43. The van der Waals surface area contributed by atoms with Crippen LogP contribution in [0.5, 0.6) is 0 Å². The first-order valence-corrected chi connectivity index (χ1v) is 6.68. The molecule has 1 aromatic heterocycles. The number of carbonyl (C=O) groups excluding carboxylic acids is 1. The number of nitrogens with one attached hydrogen (secondary N) is 1. The number of rotatable bonds is 4. The van der Waals surface area contributed by atoms with E-state index in [1.807, 2.05) is 6.92 Å². The molecule has 2 rings (SSSR count). The average Bonchev–Trinajstić information content (AvgIpc) is 2.86. The standard InChI is InChI=1S/C14H20N2O4/c1-9-3-4-11(20-9)13(18)16-10-5-6-15-12(7-10)14(2,19)8-17/h5-7,9,11,17,19H,3-4,8H2,1-2H3,(H,15,16,18)/t9?,11?,14-/m1/s1. The van der Waals surface area contributed by atoms with Gasteiger partial charge in [0.15, 0.2) is 0 Å². The Morgan fingerprint density at radius 2 is 2.35 bits per heavy atom. The van der Waals surface area contributed by atoms with E-state index in [0.717, 1.165) is 6.42 Å². The number of aliphatic hydroxyl groups is 2. The van der Waals surface area contributed by atoms with Crippen LogP contribution in [-0.2, 0) is 15.1 Å². The highest BCUT2D eigenvalue weighted by Gasteiger charge is 2.29. The molecular weight excluding hydrogens is 260 g/mol. The Balaban J connectivity index is 2.06. The van der Waals surface area contributed by atoms with Crippen LogP contribution >= 0.6 is 0 Å². The molecule has 0 radical (unpaired) electrons. The maximum absolute atomic E-state index is 12.0. The highest BCUT2D eigenvalue weighted by atomic mass is 16.5. The second-order valence-corrected chi connectivity index (χ2v) is 5.36. The van der Waals surface area contributed by atoms with Crippen molar-refractivity contribution in [3.63, 3.8) is 0 Å². The normalized spacial score (nSPS) is 25.2. The number of anilines is 1. The third kappa shape index (κ3) is 3.33. The largest absolute Gasteiger partial charge is 0.393 e. The zero-order valence-corrected chi connectivity index (χ0v) is 11.7. The lowest BCUT2D eigenvalue weighted by Crippen LogP contribution is -2.29. The van der Waals surface area contributed by atoms with Crippen molar-refractivity contribution in [2.75, 3.05) is 11.9 Å². The highest BCUT2D eigenvalue weighted by Crippen LogP contribution is 2.23. The zero-order valence-electron chi connectivity index (χ0n) is 11.7. The van der Waals surface area contributed by atoms with E-state index in [1.165, 1.54) is 13.1 Å². The molecule has 0 saturated carbocycles. The van der Waals surface area contributed by atoms with Crippen LogP contribution in [0, 0.1) is 0 Å². The molecule has 6 heteroatoms. The van der Waals surface area contributed by atoms with Crippen LogP contribution in [0.3, 0.4) is 0 Å². The maximum atomic E-state index is 12.0. The Hall–Kier alpha value is -1.50. The van der Waals surface area contributed by atoms with E-state index in [2.05, 4.69) is 10.3 Å². The summed E-state index contributed by atoms with van der Waals surface area (Å²) in [6, 6.07) is 3.18. The van der Waals surface area contributed by atoms with Gasteiger partial charge in [0.25, 0.3) is 5.91 Å². The molecule has 3 N–H and O–H groups in total. The van der Waals surface area contributed by atoms with Crippen LogP contribution in [0.1, 0.15) is 32.4 Å². The number of amides is 1. The van der Waals surface area contributed by atoms with Crippen LogP contribution in [0.4, 0.5) is 5.69 Å². The molecule has 2 unspecified atom stereocenters. The first kappa shape index (κ1) is 14.9. The van der Waals surface area contributed by atoms with Gasteiger partial charge in [-0.3, -0.25) is 9.78 Å². The third-order valence-corrected chi connectivity index (χ3v) is 3.41. The van der Waals surface area contributed by atoms with Crippen molar-refractivity contribution in [1.29, 1.82) is 0 Å². The Bertz CT molecular complexity index is 490. The van der Waals surface area contributed by atoms with E-state index in [-0.39, 0.29) is 12.0 Å². The minimum Gasteiger partial charge on any atom is -0.393 e. The summed E-state index contributed by atoms with van der Waals surface area (Å²) in [7, 11) is 0. The zero-order chi connectivity index (χ0) is 14.8. The van der Waals surface area contributed by atoms with Crippen LogP contribution in [0.2, 0.25) is 0 Å². The van der Waals surface area contributed by atoms with Gasteiger partial charge in [0.05, 0.1) is 18.4 Å². The molecule has 0 aliphatic carbocycles. The minimum absolute atomic E-state index is 0.105. The molecule has 1 aliphatic rings. The molecule has 1 fully saturated rings. The van der Waals surface area contributed by atoms with Crippen LogP contribution < -0.4 is 5.32 Å². The smallest absolute Gasteiger partial charge is 0.253 e. The van der Waals surface area contributed by atoms with E-state index < -0.39 is 18.3 Å². The first-order valence-electron chi connectivity index (χ1n) is 6.68. The van der Waals surface area contributed by atoms with Crippen LogP contribution in [0.25, 0.3) is 0 Å². The number of hydrogen-bond acceptors (Lipinski definition) is 5. The van der Waals surface area contributed by atoms with Crippen molar-refractivity contribution < 1.29 is 19.7 Å². The fourth-order valence-corrected chi connectivity index (χ4v) is 2.10. The molecule has 3 atom stereocenters. The molecule has 0 bridgehead atoms. The highest BCUT2D eigenvalue weighted by molar-refractivity contribution is 5.94. The van der Waals surface area contributed by atoms with Gasteiger partial charge >= 0.3 is 0 Å². The molecule has 0 spiro atoms. The van der Waals surface area contributed by atoms with Crippen molar-refractivity contribution in [2.45, 2.75) is 44.5 Å². The fourth-order valence-electron chi connectivity index (χ4n) is 2.10. The van der Waals surface area contributed by atoms with Gasteiger partial charge < -0.3 is 20.3 Å². The van der Waals surface area contributed by atoms with Crippen molar-refractivity contribution >= 4 is 11.6 Å². The molecule has 1 aliphatic heterocycles. The molecule has 2 heterocycles. The van der Waals surface area contributed by atoms with Gasteiger partial charge in [0.2, 0.25) is 0 Å². The molecule has 1 saturated heterocycles. The summed E-state index contributed by atoms with van der Waals surface area (Å²) >= 11 is 0. The summed E-state index contributed by atoms with van der Waals surface area (Å²) in [6.45, 7) is 2.96. The first-order chi connectivity index (χ1) is 9.42. The molecule has 20 heavy (non-hydrogen) atoms. The van der Waals surface area contributed by atoms with Gasteiger partial charge in [-0.1, -0.05) is 0 Å². The number of aromatic nitrogens is 1. The van der Waals surface area contributed by atoms with Crippen molar-refractivity contribution in [3.8, 4) is 0 Å². The molecular formula is C14H20N2O4. The summed E-state index contributed by atoms with van der Waals surface area (Å²) in [5.41, 5.74) is -0.602. The van der Waals surface area contributed by atoms with E-state index in [9.17, 15) is 9.90 Å². The molecule has 0 aromatic carbocycles. The third-order valence-electron chi connectivity index (χ3n) is 3.41. The molecule has 1 aromatic rings. The second kappa shape index (κ2) is 5.87. The topological polar surface area (TPSA) is 91.7 Å². The maximum Gasteiger partial charge on any atom is 0.253 e. The predicted octanol–water partition coefficient (Wildman–Crippen LogP) is 0.787. The van der Waals surface area contributed by atoms with E-state index in [0.29, 0.717) is 17.8 Å². The Kier molecular flexibility index (Phi) is 4.37. The van der Waals surface area contributed by atoms with Crippen LogP contribution in [0.15, 0.2) is 18.3 Å². The molecule has 110 valence electrons. The molecule has 6 nitrogen and oxygen atoms in total. The predicted molar refractivity (Wildman–Crippen MR) is 73.1 cm³/mol. The number of carbonyl (C=O) groups is 1. The van der Waals surface area contributed by atoms with E-state index in [1.54, 1.807) is 12.1 Å². The molecule has 1 amide bonds. The monoisotopic (exact) mass is 280 g/mol. The Morgan fingerprint density at radius 3 is 2.95 bits per heavy atom. The number of pyridine rings is 1. The summed E-state index contributed by atoms with van der Waals surface area (Å²) < 4.78 is 5.50. The van der Waals surface area contributed by atoms with Crippen molar-refractivity contribution in [3.05, 3.63) is 24.0 Å². The number of ether oxygens (including phenoxy) is 1. The van der Waals surface area contributed by atoms with Gasteiger partial charge in [-0.25, -0.2) is 0 Å². The summed E-state index contributed by atoms with van der Waals surface area (Å²) in [6.07, 6.45) is 2.74. The summed E-state index contributed by atoms with van der Waals surface area (Å²) in [5, 5.41) is 21.8. The van der Waals surface area contributed by atoms with Crippen molar-refractivity contribution in [1.82, 2.24) is 4.98 Å². The van der Waals surface area contributed by atoms with Gasteiger partial charge in [0.1, 0.15) is 11.7 Å². The summed E-state index contributed by atoms with van der Waals surface area (Å²) in [4.78, 5) is 16.0. The number of aliphatic hydroxyl groups excluding tert-OH is 1. The fraction of sp³-hybridized carbons (Fsp3) is 0.571. The van der Waals surface area contributed by atoms with Gasteiger partial charge in [-0.15, -0.1) is 0 Å². The second-order valence-electron chi connectivity index (χ2n) is 5.36. The number of nitrogens with zero attached hydrogens (tertiary/aromatic N) is 1. The SMILES string of the molecule is CC1CCC(C(=O)Nc2ccnc([C@](C)(O)CO)c2)O1. The van der Waals surface area contributed by atoms with Crippen molar-refractivity contribution in [2.24, 2.45) is 0 Å². The van der Waals surface area contributed by atoms with Gasteiger partial charge in [0, 0.05) is 11.9 Å². The quantitative estimate of drug-likeness (QED) is 0.758. The van der Waals surface area contributed by atoms with E-state index in [4.69, 9.17) is 9.84 Å². The lowest BCUT2D eigenvalue weighted by Gasteiger charge is -2.20. The van der Waals surface area contributed by atoms with Crippen LogP contribution in [-0.4, -0.2) is 39.9 Å². The number of hydrogen-bond donors (Lipinski definition) is 3. The summed E-state index contributed by atoms with van der Waals surface area (Å²) in [5.74, 6) is -0.199. The van der Waals surface area contributed by atoms with Gasteiger partial charge in [-0.2, -0.15) is 0 Å². The lowest BCUT2D eigenvalue weighted by atomic mass is 10.0. The van der Waals surface area contributed by atoms with Gasteiger partial charge in [-0.05, 0) is 38.8 Å².